The number of hydrogen-bond donors (Lipinski definition) is 1. The van der Waals surface area contributed by atoms with Crippen molar-refractivity contribution in [1.29, 1.82) is 0 Å². The topological polar surface area (TPSA) is 91.4 Å². The molecule has 198 valence electrons. The van der Waals surface area contributed by atoms with E-state index in [4.69, 9.17) is 9.47 Å². The molecule has 3 aliphatic rings. The van der Waals surface area contributed by atoms with E-state index in [0.717, 1.165) is 25.9 Å². The molecule has 1 aromatic rings. The lowest BCUT2D eigenvalue weighted by atomic mass is 9.94. The molecule has 0 spiro atoms. The summed E-state index contributed by atoms with van der Waals surface area (Å²) in [6, 6.07) is 4.52. The van der Waals surface area contributed by atoms with Crippen LogP contribution in [0.15, 0.2) is 18.2 Å². The molecule has 3 fully saturated rings. The number of nitrogens with one attached hydrogen (secondary N) is 1. The summed E-state index contributed by atoms with van der Waals surface area (Å²) in [5.74, 6) is 0.468. The number of likely N-dealkylation sites (tertiary alicyclic amines) is 2. The van der Waals surface area contributed by atoms with Crippen LogP contribution in [0.1, 0.15) is 49.9 Å². The Balaban J connectivity index is 1.32. The minimum absolute atomic E-state index is 0.0321. The summed E-state index contributed by atoms with van der Waals surface area (Å²) in [4.78, 5) is 42.6. The van der Waals surface area contributed by atoms with Gasteiger partial charge in [0.05, 0.1) is 25.0 Å². The van der Waals surface area contributed by atoms with Crippen molar-refractivity contribution in [3.63, 3.8) is 0 Å². The Morgan fingerprint density at radius 2 is 1.89 bits per heavy atom. The number of carbonyl (C=O) groups is 3. The molecule has 0 aromatic heterocycles. The maximum atomic E-state index is 14.6. The zero-order chi connectivity index (χ0) is 25.8. The van der Waals surface area contributed by atoms with Crippen LogP contribution in [0.4, 0.5) is 14.9 Å². The monoisotopic (exact) mass is 504 g/mol. The van der Waals surface area contributed by atoms with Gasteiger partial charge in [-0.1, -0.05) is 0 Å². The molecule has 1 N–H and O–H groups in total. The Morgan fingerprint density at radius 1 is 1.14 bits per heavy atom. The number of halogens is 1. The van der Waals surface area contributed by atoms with Gasteiger partial charge in [0.1, 0.15) is 11.9 Å². The molecule has 4 amide bonds. The molecule has 36 heavy (non-hydrogen) atoms. The predicted molar refractivity (Wildman–Crippen MR) is 133 cm³/mol. The van der Waals surface area contributed by atoms with Crippen molar-refractivity contribution in [2.45, 2.75) is 57.9 Å². The third-order valence-corrected chi connectivity index (χ3v) is 7.20. The van der Waals surface area contributed by atoms with E-state index in [0.29, 0.717) is 49.0 Å². The fraction of sp³-hybridized carbons (Fsp3) is 0.654. The molecule has 1 aromatic carbocycles. The lowest BCUT2D eigenvalue weighted by Crippen LogP contribution is -2.49. The summed E-state index contributed by atoms with van der Waals surface area (Å²) in [6.45, 7) is 7.45. The number of anilines is 1. The van der Waals surface area contributed by atoms with Crippen molar-refractivity contribution in [2.75, 3.05) is 51.3 Å². The summed E-state index contributed by atoms with van der Waals surface area (Å²) in [5, 5.41) is 2.31. The van der Waals surface area contributed by atoms with Crippen LogP contribution in [0.5, 0.6) is 5.75 Å². The first-order valence-corrected chi connectivity index (χ1v) is 12.9. The number of benzene rings is 1. The fourth-order valence-corrected chi connectivity index (χ4v) is 5.31. The fourth-order valence-electron chi connectivity index (χ4n) is 5.31. The number of alkyl halides is 1. The highest BCUT2D eigenvalue weighted by atomic mass is 19.1. The summed E-state index contributed by atoms with van der Waals surface area (Å²) >= 11 is 0. The van der Waals surface area contributed by atoms with Crippen LogP contribution in [0, 0.1) is 5.92 Å². The molecule has 2 atom stereocenters. The molecule has 3 saturated heterocycles. The zero-order valence-corrected chi connectivity index (χ0v) is 21.4. The quantitative estimate of drug-likeness (QED) is 0.614. The van der Waals surface area contributed by atoms with E-state index in [9.17, 15) is 18.8 Å². The van der Waals surface area contributed by atoms with Gasteiger partial charge in [-0.15, -0.1) is 0 Å². The lowest BCUT2D eigenvalue weighted by Gasteiger charge is -2.39. The summed E-state index contributed by atoms with van der Waals surface area (Å²) in [7, 11) is 1.50. The third-order valence-electron chi connectivity index (χ3n) is 7.20. The molecular weight excluding hydrogens is 467 g/mol. The molecule has 2 unspecified atom stereocenters. The number of methoxy groups -OCH3 is 1. The summed E-state index contributed by atoms with van der Waals surface area (Å²) in [5.41, 5.74) is 0.940. The number of piperidine rings is 2. The number of rotatable bonds is 7. The van der Waals surface area contributed by atoms with E-state index in [1.165, 1.54) is 12.0 Å². The van der Waals surface area contributed by atoms with Crippen LogP contribution < -0.4 is 15.0 Å². The number of ether oxygens (including phenoxy) is 2. The smallest absolute Gasteiger partial charge is 0.328 e. The van der Waals surface area contributed by atoms with Crippen molar-refractivity contribution < 1.29 is 28.2 Å². The first-order chi connectivity index (χ1) is 17.2. The van der Waals surface area contributed by atoms with Crippen molar-refractivity contribution >= 4 is 23.5 Å². The number of nitrogens with zero attached hydrogens (tertiary/aromatic N) is 3. The van der Waals surface area contributed by atoms with Gasteiger partial charge in [0.2, 0.25) is 5.91 Å². The molecule has 0 aliphatic carbocycles. The Kier molecular flexibility index (Phi) is 8.46. The largest absolute Gasteiger partial charge is 0.495 e. The molecule has 9 nitrogen and oxygen atoms in total. The van der Waals surface area contributed by atoms with Gasteiger partial charge in [-0.2, -0.15) is 0 Å². The molecule has 10 heteroatoms. The molecule has 0 bridgehead atoms. The number of urea groups is 1. The van der Waals surface area contributed by atoms with Gasteiger partial charge in [-0.25, -0.2) is 9.18 Å². The van der Waals surface area contributed by atoms with Gasteiger partial charge in [0.15, 0.2) is 0 Å². The number of imide groups is 1. The molecule has 3 heterocycles. The zero-order valence-electron chi connectivity index (χ0n) is 21.4. The SMILES string of the molecule is COc1ccc(C(=O)N2CCC(CN3CCC(OC(C)C)C(F)C3)CC2)cc1N1CCC(=O)NC1=O. The van der Waals surface area contributed by atoms with E-state index < -0.39 is 12.2 Å². The van der Waals surface area contributed by atoms with Crippen LogP contribution in [0.3, 0.4) is 0 Å². The first kappa shape index (κ1) is 26.3. The summed E-state index contributed by atoms with van der Waals surface area (Å²) < 4.78 is 25.7. The molecule has 0 saturated carbocycles. The number of carbonyl (C=O) groups excluding carboxylic acids is 3. The highest BCUT2D eigenvalue weighted by Crippen LogP contribution is 2.32. The normalized spacial score (nSPS) is 24.2. The van der Waals surface area contributed by atoms with E-state index in [1.54, 1.807) is 18.2 Å². The average Bonchev–Trinajstić information content (AvgIpc) is 2.85. The second kappa shape index (κ2) is 11.6. The average molecular weight is 505 g/mol. The maximum Gasteiger partial charge on any atom is 0.328 e. The lowest BCUT2D eigenvalue weighted by molar-refractivity contribution is -0.120. The number of amides is 4. The van der Waals surface area contributed by atoms with Crippen LogP contribution in [0.25, 0.3) is 0 Å². The Morgan fingerprint density at radius 3 is 2.53 bits per heavy atom. The van der Waals surface area contributed by atoms with Crippen LogP contribution in [-0.2, 0) is 9.53 Å². The minimum atomic E-state index is -0.966. The molecule has 3 aliphatic heterocycles. The van der Waals surface area contributed by atoms with Crippen molar-refractivity contribution in [1.82, 2.24) is 15.1 Å². The van der Waals surface area contributed by atoms with Gasteiger partial charge >= 0.3 is 6.03 Å². The highest BCUT2D eigenvalue weighted by molar-refractivity contribution is 6.07. The van der Waals surface area contributed by atoms with E-state index in [2.05, 4.69) is 10.2 Å². The number of hydrogen-bond acceptors (Lipinski definition) is 6. The second-order valence-corrected chi connectivity index (χ2v) is 10.2. The molecule has 0 radical (unpaired) electrons. The van der Waals surface area contributed by atoms with Gasteiger partial charge in [0.25, 0.3) is 5.91 Å². The van der Waals surface area contributed by atoms with E-state index >= 15 is 0 Å². The minimum Gasteiger partial charge on any atom is -0.495 e. The van der Waals surface area contributed by atoms with Crippen LogP contribution >= 0.6 is 0 Å². The van der Waals surface area contributed by atoms with Gasteiger partial charge in [-0.3, -0.25) is 24.7 Å². The first-order valence-electron chi connectivity index (χ1n) is 12.9. The standard InChI is InChI=1S/C26H37FN4O5/c1-17(2)36-22-8-10-29(16-20(22)27)15-18-6-11-30(12-7-18)25(33)19-4-5-23(35-3)21(14-19)31-13-9-24(32)28-26(31)34/h4-5,14,17-18,20,22H,6-13,15-16H2,1-3H3,(H,28,32,34). The van der Waals surface area contributed by atoms with Crippen molar-refractivity contribution in [3.05, 3.63) is 23.8 Å². The van der Waals surface area contributed by atoms with Crippen LogP contribution in [0.2, 0.25) is 0 Å². The highest BCUT2D eigenvalue weighted by Gasteiger charge is 2.33. The molecular formula is C26H37FN4O5. The Labute approximate surface area is 211 Å². The van der Waals surface area contributed by atoms with Gasteiger partial charge < -0.3 is 14.4 Å². The van der Waals surface area contributed by atoms with E-state index in [1.807, 2.05) is 18.7 Å². The Bertz CT molecular complexity index is 966. The van der Waals surface area contributed by atoms with Gasteiger partial charge in [-0.05, 0) is 57.2 Å². The van der Waals surface area contributed by atoms with E-state index in [-0.39, 0.29) is 37.0 Å². The molecule has 4 rings (SSSR count). The van der Waals surface area contributed by atoms with Crippen molar-refractivity contribution in [2.24, 2.45) is 5.92 Å². The summed E-state index contributed by atoms with van der Waals surface area (Å²) in [6.07, 6.45) is 1.38. The third kappa shape index (κ3) is 6.15. The predicted octanol–water partition coefficient (Wildman–Crippen LogP) is 2.83. The van der Waals surface area contributed by atoms with Gasteiger partial charge in [0, 0.05) is 51.3 Å². The second-order valence-electron chi connectivity index (χ2n) is 10.2. The Hall–Kier alpha value is -2.72. The maximum absolute atomic E-state index is 14.6. The van der Waals surface area contributed by atoms with Crippen LogP contribution in [-0.4, -0.2) is 92.4 Å². The van der Waals surface area contributed by atoms with Crippen molar-refractivity contribution in [3.8, 4) is 5.75 Å².